The minimum Gasteiger partial charge on any atom is -0.423 e. The van der Waals surface area contributed by atoms with Crippen molar-refractivity contribution in [3.63, 3.8) is 0 Å². The molecule has 0 spiro atoms. The quantitative estimate of drug-likeness (QED) is 0.467. The fourth-order valence-corrected chi connectivity index (χ4v) is 4.73. The monoisotopic (exact) mass is 376 g/mol. The van der Waals surface area contributed by atoms with Crippen molar-refractivity contribution in [2.45, 2.75) is 12.3 Å². The summed E-state index contributed by atoms with van der Waals surface area (Å²) in [5.74, 6) is 0. The highest BCUT2D eigenvalue weighted by atomic mass is 16.4. The normalized spacial score (nSPS) is 13.6. The maximum atomic E-state index is 9.56. The van der Waals surface area contributed by atoms with Crippen LogP contribution in [0.5, 0.6) is 0 Å². The van der Waals surface area contributed by atoms with E-state index in [9.17, 15) is 10.0 Å². The van der Waals surface area contributed by atoms with Crippen molar-refractivity contribution in [1.29, 1.82) is 0 Å². The highest BCUT2D eigenvalue weighted by molar-refractivity contribution is 6.58. The Hall–Kier alpha value is -3.14. The SMILES string of the molecule is Cc1ccc(C2(c3ccc(B(O)O)cc3)c3ccccc3-c3ccccc32)cc1. The summed E-state index contributed by atoms with van der Waals surface area (Å²) in [6.45, 7) is 2.10. The number of fused-ring (bicyclic) bond motifs is 3. The first kappa shape index (κ1) is 17.9. The van der Waals surface area contributed by atoms with Gasteiger partial charge in [-0.05, 0) is 45.8 Å². The van der Waals surface area contributed by atoms with Crippen LogP contribution in [0.4, 0.5) is 0 Å². The van der Waals surface area contributed by atoms with Gasteiger partial charge in [-0.1, -0.05) is 103 Å². The minimum absolute atomic E-state index is 0.445. The molecule has 0 saturated heterocycles. The van der Waals surface area contributed by atoms with E-state index in [1.807, 2.05) is 12.1 Å². The van der Waals surface area contributed by atoms with E-state index in [0.29, 0.717) is 5.46 Å². The van der Waals surface area contributed by atoms with E-state index in [1.54, 1.807) is 12.1 Å². The van der Waals surface area contributed by atoms with Gasteiger partial charge in [-0.25, -0.2) is 0 Å². The van der Waals surface area contributed by atoms with Crippen LogP contribution >= 0.6 is 0 Å². The van der Waals surface area contributed by atoms with Crippen molar-refractivity contribution >= 4 is 12.6 Å². The van der Waals surface area contributed by atoms with Crippen LogP contribution in [-0.2, 0) is 5.41 Å². The predicted molar refractivity (Wildman–Crippen MR) is 118 cm³/mol. The lowest BCUT2D eigenvalue weighted by Crippen LogP contribution is -2.32. The third kappa shape index (κ3) is 2.59. The molecule has 0 amide bonds. The first-order chi connectivity index (χ1) is 14.1. The minimum atomic E-state index is -1.47. The fourth-order valence-electron chi connectivity index (χ4n) is 4.73. The maximum absolute atomic E-state index is 9.56. The Morgan fingerprint density at radius 2 is 1.03 bits per heavy atom. The van der Waals surface area contributed by atoms with Gasteiger partial charge in [0.25, 0.3) is 0 Å². The number of hydrogen-bond acceptors (Lipinski definition) is 2. The Kier molecular flexibility index (Phi) is 4.16. The Labute approximate surface area is 171 Å². The van der Waals surface area contributed by atoms with Gasteiger partial charge in [0.1, 0.15) is 0 Å². The maximum Gasteiger partial charge on any atom is 0.488 e. The molecular weight excluding hydrogens is 355 g/mol. The standard InChI is InChI=1S/C26H21BO2/c1-18-10-12-19(13-11-18)26(20-14-16-21(17-15-20)27(28)29)24-8-4-2-6-22(24)23-7-3-5-9-25(23)26/h2-17,28-29H,1H3. The van der Waals surface area contributed by atoms with Crippen molar-refractivity contribution in [3.8, 4) is 11.1 Å². The molecule has 4 aromatic rings. The molecule has 0 heterocycles. The average Bonchev–Trinajstić information content (AvgIpc) is 3.06. The van der Waals surface area contributed by atoms with Crippen LogP contribution in [0.1, 0.15) is 27.8 Å². The summed E-state index contributed by atoms with van der Waals surface area (Å²) in [6, 6.07) is 33.6. The van der Waals surface area contributed by atoms with E-state index in [0.717, 1.165) is 5.56 Å². The van der Waals surface area contributed by atoms with Gasteiger partial charge in [0.2, 0.25) is 0 Å². The van der Waals surface area contributed by atoms with Crippen molar-refractivity contribution in [3.05, 3.63) is 125 Å². The molecule has 2 nitrogen and oxygen atoms in total. The molecule has 2 N–H and O–H groups in total. The predicted octanol–water partition coefficient (Wildman–Crippen LogP) is 4.04. The molecule has 0 aromatic heterocycles. The van der Waals surface area contributed by atoms with Crippen LogP contribution in [0, 0.1) is 6.92 Å². The van der Waals surface area contributed by atoms with Crippen molar-refractivity contribution in [2.75, 3.05) is 0 Å². The second kappa shape index (κ2) is 6.73. The van der Waals surface area contributed by atoms with Gasteiger partial charge in [0.15, 0.2) is 0 Å². The topological polar surface area (TPSA) is 40.5 Å². The van der Waals surface area contributed by atoms with Gasteiger partial charge >= 0.3 is 7.12 Å². The Morgan fingerprint density at radius 3 is 1.52 bits per heavy atom. The van der Waals surface area contributed by atoms with Gasteiger partial charge < -0.3 is 10.0 Å². The molecule has 5 rings (SSSR count). The number of aryl methyl sites for hydroxylation is 1. The molecule has 0 fully saturated rings. The molecule has 0 radical (unpaired) electrons. The molecule has 0 bridgehead atoms. The molecule has 0 unspecified atom stereocenters. The van der Waals surface area contributed by atoms with Gasteiger partial charge in [-0.15, -0.1) is 0 Å². The Bertz CT molecular complexity index is 1130. The van der Waals surface area contributed by atoms with Crippen molar-refractivity contribution < 1.29 is 10.0 Å². The molecule has 1 aliphatic rings. The molecule has 0 atom stereocenters. The summed E-state index contributed by atoms with van der Waals surface area (Å²) in [5.41, 5.74) is 8.59. The first-order valence-electron chi connectivity index (χ1n) is 9.85. The zero-order valence-electron chi connectivity index (χ0n) is 16.2. The molecule has 140 valence electrons. The van der Waals surface area contributed by atoms with E-state index in [4.69, 9.17) is 0 Å². The van der Waals surface area contributed by atoms with E-state index < -0.39 is 12.5 Å². The number of hydrogen-bond donors (Lipinski definition) is 2. The zero-order valence-corrected chi connectivity index (χ0v) is 16.2. The summed E-state index contributed by atoms with van der Waals surface area (Å²) in [4.78, 5) is 0. The van der Waals surface area contributed by atoms with Gasteiger partial charge in [0.05, 0.1) is 5.41 Å². The molecule has 1 aliphatic carbocycles. The summed E-state index contributed by atoms with van der Waals surface area (Å²) in [5, 5.41) is 19.1. The zero-order chi connectivity index (χ0) is 20.0. The summed E-state index contributed by atoms with van der Waals surface area (Å²) in [7, 11) is -1.47. The molecule has 0 aliphatic heterocycles. The van der Waals surface area contributed by atoms with Crippen LogP contribution in [0.2, 0.25) is 0 Å². The number of benzene rings is 4. The van der Waals surface area contributed by atoms with E-state index in [1.165, 1.54) is 33.4 Å². The molecular formula is C26H21BO2. The summed E-state index contributed by atoms with van der Waals surface area (Å²) >= 11 is 0. The van der Waals surface area contributed by atoms with Crippen LogP contribution < -0.4 is 5.46 Å². The molecule has 29 heavy (non-hydrogen) atoms. The lowest BCUT2D eigenvalue weighted by molar-refractivity contribution is 0.426. The largest absolute Gasteiger partial charge is 0.488 e. The van der Waals surface area contributed by atoms with E-state index in [2.05, 4.69) is 79.7 Å². The number of rotatable bonds is 3. The van der Waals surface area contributed by atoms with E-state index >= 15 is 0 Å². The van der Waals surface area contributed by atoms with Crippen LogP contribution in [0.25, 0.3) is 11.1 Å². The summed E-state index contributed by atoms with van der Waals surface area (Å²) < 4.78 is 0. The third-order valence-electron chi connectivity index (χ3n) is 6.08. The lowest BCUT2D eigenvalue weighted by atomic mass is 9.67. The average molecular weight is 376 g/mol. The van der Waals surface area contributed by atoms with E-state index in [-0.39, 0.29) is 0 Å². The third-order valence-corrected chi connectivity index (χ3v) is 6.08. The Morgan fingerprint density at radius 1 is 0.586 bits per heavy atom. The fraction of sp³-hybridized carbons (Fsp3) is 0.0769. The highest BCUT2D eigenvalue weighted by Crippen LogP contribution is 2.55. The highest BCUT2D eigenvalue weighted by Gasteiger charge is 2.45. The van der Waals surface area contributed by atoms with Gasteiger partial charge in [0, 0.05) is 0 Å². The smallest absolute Gasteiger partial charge is 0.423 e. The summed E-state index contributed by atoms with van der Waals surface area (Å²) in [6.07, 6.45) is 0. The van der Waals surface area contributed by atoms with Gasteiger partial charge in [-0.2, -0.15) is 0 Å². The second-order valence-electron chi connectivity index (χ2n) is 7.70. The second-order valence-corrected chi connectivity index (χ2v) is 7.70. The molecule has 0 saturated carbocycles. The first-order valence-corrected chi connectivity index (χ1v) is 9.85. The van der Waals surface area contributed by atoms with Crippen LogP contribution in [-0.4, -0.2) is 17.2 Å². The van der Waals surface area contributed by atoms with Crippen molar-refractivity contribution in [1.82, 2.24) is 0 Å². The lowest BCUT2D eigenvalue weighted by Gasteiger charge is -2.34. The van der Waals surface area contributed by atoms with Crippen LogP contribution in [0.15, 0.2) is 97.1 Å². The van der Waals surface area contributed by atoms with Gasteiger partial charge in [-0.3, -0.25) is 0 Å². The molecule has 4 aromatic carbocycles. The van der Waals surface area contributed by atoms with Crippen molar-refractivity contribution in [2.24, 2.45) is 0 Å². The van der Waals surface area contributed by atoms with Crippen LogP contribution in [0.3, 0.4) is 0 Å². The Balaban J connectivity index is 1.88. The molecule has 3 heteroatoms.